The van der Waals surface area contributed by atoms with Gasteiger partial charge in [-0.25, -0.2) is 0 Å². The number of nitrogens with zero attached hydrogens (tertiary/aromatic N) is 4. The smallest absolute Gasteiger partial charge is 0.275 e. The number of amides is 2. The van der Waals surface area contributed by atoms with Gasteiger partial charge in [0.15, 0.2) is 5.69 Å². The van der Waals surface area contributed by atoms with Gasteiger partial charge in [-0.15, -0.1) is 0 Å². The van der Waals surface area contributed by atoms with Crippen LogP contribution < -0.4 is 9.64 Å². The van der Waals surface area contributed by atoms with E-state index in [1.807, 2.05) is 60.8 Å². The van der Waals surface area contributed by atoms with Crippen molar-refractivity contribution in [3.63, 3.8) is 0 Å². The Kier molecular flexibility index (Phi) is 4.50. The standard InChI is InChI=1S/C23H22N4O3/c1-25-18-9-5-6-10-20(18)30-15-19(22(25)28)27-12-11-17-14-26(24-21(17)23(27)29)13-16-7-3-2-4-8-16/h2-10,14,19H,11-13,15H2,1H3. The highest BCUT2D eigenvalue weighted by atomic mass is 16.5. The Morgan fingerprint density at radius 3 is 2.67 bits per heavy atom. The minimum Gasteiger partial charge on any atom is -0.489 e. The first-order chi connectivity index (χ1) is 14.6. The van der Waals surface area contributed by atoms with E-state index in [9.17, 15) is 9.59 Å². The van der Waals surface area contributed by atoms with Gasteiger partial charge in [0, 0.05) is 25.4 Å². The molecular formula is C23H22N4O3. The van der Waals surface area contributed by atoms with E-state index >= 15 is 0 Å². The number of rotatable bonds is 3. The molecule has 30 heavy (non-hydrogen) atoms. The summed E-state index contributed by atoms with van der Waals surface area (Å²) in [5.74, 6) is 0.276. The van der Waals surface area contributed by atoms with E-state index in [0.29, 0.717) is 36.6 Å². The molecule has 1 unspecified atom stereocenters. The Morgan fingerprint density at radius 1 is 1.07 bits per heavy atom. The SMILES string of the molecule is CN1C(=O)C(N2CCc3cn(Cc4ccccc4)nc3C2=O)COc2ccccc21. The molecule has 7 heteroatoms. The lowest BCUT2D eigenvalue weighted by atomic mass is 10.0. The van der Waals surface area contributed by atoms with Crippen LogP contribution in [0.1, 0.15) is 21.6 Å². The van der Waals surface area contributed by atoms with Crippen molar-refractivity contribution in [2.75, 3.05) is 25.1 Å². The third-order valence-corrected chi connectivity index (χ3v) is 5.73. The first-order valence-corrected chi connectivity index (χ1v) is 10.0. The summed E-state index contributed by atoms with van der Waals surface area (Å²) in [6, 6.07) is 16.7. The molecule has 0 aliphatic carbocycles. The number of aromatic nitrogens is 2. The maximum Gasteiger partial charge on any atom is 0.275 e. The number of hydrogen-bond donors (Lipinski definition) is 0. The highest BCUT2D eigenvalue weighted by Crippen LogP contribution is 2.32. The molecule has 0 saturated heterocycles. The van der Waals surface area contributed by atoms with E-state index in [2.05, 4.69) is 5.10 Å². The Labute approximate surface area is 174 Å². The molecule has 3 aromatic rings. The van der Waals surface area contributed by atoms with Gasteiger partial charge in [0.25, 0.3) is 11.8 Å². The monoisotopic (exact) mass is 402 g/mol. The molecule has 3 heterocycles. The molecule has 0 spiro atoms. The molecule has 0 radical (unpaired) electrons. The number of anilines is 1. The number of benzene rings is 2. The van der Waals surface area contributed by atoms with Crippen molar-refractivity contribution in [3.05, 3.63) is 77.6 Å². The zero-order chi connectivity index (χ0) is 20.7. The quantitative estimate of drug-likeness (QED) is 0.675. The van der Waals surface area contributed by atoms with Crippen LogP contribution in [0.25, 0.3) is 0 Å². The number of carbonyl (C=O) groups is 2. The van der Waals surface area contributed by atoms with E-state index in [1.54, 1.807) is 21.5 Å². The molecule has 0 N–H and O–H groups in total. The summed E-state index contributed by atoms with van der Waals surface area (Å²) in [5.41, 5.74) is 3.18. The number of ether oxygens (including phenoxy) is 1. The third kappa shape index (κ3) is 3.12. The summed E-state index contributed by atoms with van der Waals surface area (Å²) < 4.78 is 7.69. The molecule has 0 fully saturated rings. The molecular weight excluding hydrogens is 380 g/mol. The Morgan fingerprint density at radius 2 is 1.83 bits per heavy atom. The molecule has 152 valence electrons. The van der Waals surface area contributed by atoms with Gasteiger partial charge in [-0.1, -0.05) is 42.5 Å². The van der Waals surface area contributed by atoms with Crippen LogP contribution >= 0.6 is 0 Å². The van der Waals surface area contributed by atoms with Crippen LogP contribution in [0.15, 0.2) is 60.8 Å². The van der Waals surface area contributed by atoms with Crippen molar-refractivity contribution in [3.8, 4) is 5.75 Å². The van der Waals surface area contributed by atoms with Crippen LogP contribution in [0.2, 0.25) is 0 Å². The van der Waals surface area contributed by atoms with Gasteiger partial charge in [-0.2, -0.15) is 5.10 Å². The maximum absolute atomic E-state index is 13.2. The van der Waals surface area contributed by atoms with E-state index < -0.39 is 6.04 Å². The van der Waals surface area contributed by atoms with Gasteiger partial charge in [0.05, 0.1) is 12.2 Å². The first kappa shape index (κ1) is 18.4. The van der Waals surface area contributed by atoms with E-state index in [1.165, 1.54) is 0 Å². The van der Waals surface area contributed by atoms with Crippen molar-refractivity contribution < 1.29 is 14.3 Å². The Hall–Kier alpha value is -3.61. The minimum absolute atomic E-state index is 0.131. The molecule has 2 aliphatic heterocycles. The summed E-state index contributed by atoms with van der Waals surface area (Å²) >= 11 is 0. The van der Waals surface area contributed by atoms with Crippen LogP contribution in [-0.4, -0.2) is 52.7 Å². The fraction of sp³-hybridized carbons (Fsp3) is 0.261. The minimum atomic E-state index is -0.678. The van der Waals surface area contributed by atoms with Crippen LogP contribution in [0.4, 0.5) is 5.69 Å². The van der Waals surface area contributed by atoms with Gasteiger partial charge in [0.1, 0.15) is 18.4 Å². The average Bonchev–Trinajstić information content (AvgIpc) is 3.13. The maximum atomic E-state index is 13.2. The molecule has 0 saturated carbocycles. The van der Waals surface area contributed by atoms with Gasteiger partial charge >= 0.3 is 0 Å². The Bertz CT molecular complexity index is 1110. The lowest BCUT2D eigenvalue weighted by Gasteiger charge is -2.33. The largest absolute Gasteiger partial charge is 0.489 e. The summed E-state index contributed by atoms with van der Waals surface area (Å²) in [7, 11) is 1.72. The number of fused-ring (bicyclic) bond motifs is 2. The van der Waals surface area contributed by atoms with Crippen LogP contribution in [0, 0.1) is 0 Å². The lowest BCUT2D eigenvalue weighted by molar-refractivity contribution is -0.123. The number of para-hydroxylation sites is 2. The predicted molar refractivity (Wildman–Crippen MR) is 112 cm³/mol. The molecule has 2 aromatic carbocycles. The van der Waals surface area contributed by atoms with Gasteiger partial charge < -0.3 is 14.5 Å². The molecule has 5 rings (SSSR count). The summed E-state index contributed by atoms with van der Waals surface area (Å²) in [6.45, 7) is 1.20. The normalized spacial score (nSPS) is 18.5. The van der Waals surface area contributed by atoms with Crippen molar-refractivity contribution >= 4 is 17.5 Å². The van der Waals surface area contributed by atoms with E-state index in [0.717, 1.165) is 11.1 Å². The van der Waals surface area contributed by atoms with E-state index in [-0.39, 0.29) is 18.4 Å². The van der Waals surface area contributed by atoms with Crippen molar-refractivity contribution in [2.45, 2.75) is 19.0 Å². The van der Waals surface area contributed by atoms with Crippen LogP contribution in [0.3, 0.4) is 0 Å². The molecule has 0 bridgehead atoms. The van der Waals surface area contributed by atoms with Gasteiger partial charge in [-0.05, 0) is 24.1 Å². The summed E-state index contributed by atoms with van der Waals surface area (Å²) in [4.78, 5) is 29.6. The highest BCUT2D eigenvalue weighted by molar-refractivity contribution is 6.03. The second-order valence-corrected chi connectivity index (χ2v) is 7.63. The number of likely N-dealkylation sites (N-methyl/N-ethyl adjacent to an activating group) is 1. The second kappa shape index (κ2) is 7.33. The Balaban J connectivity index is 1.39. The third-order valence-electron chi connectivity index (χ3n) is 5.73. The zero-order valence-corrected chi connectivity index (χ0v) is 16.7. The predicted octanol–water partition coefficient (Wildman–Crippen LogP) is 2.35. The first-order valence-electron chi connectivity index (χ1n) is 10.0. The molecule has 1 aromatic heterocycles. The summed E-state index contributed by atoms with van der Waals surface area (Å²) in [5, 5.41) is 4.54. The average molecular weight is 402 g/mol. The zero-order valence-electron chi connectivity index (χ0n) is 16.7. The molecule has 7 nitrogen and oxygen atoms in total. The van der Waals surface area contributed by atoms with E-state index in [4.69, 9.17) is 4.74 Å². The lowest BCUT2D eigenvalue weighted by Crippen LogP contribution is -2.54. The topological polar surface area (TPSA) is 67.7 Å². The van der Waals surface area contributed by atoms with Crippen molar-refractivity contribution in [1.82, 2.24) is 14.7 Å². The fourth-order valence-electron chi connectivity index (χ4n) is 4.11. The van der Waals surface area contributed by atoms with Crippen molar-refractivity contribution in [1.29, 1.82) is 0 Å². The number of carbonyl (C=O) groups excluding carboxylic acids is 2. The van der Waals surface area contributed by atoms with Crippen LogP contribution in [-0.2, 0) is 17.8 Å². The number of hydrogen-bond acceptors (Lipinski definition) is 4. The van der Waals surface area contributed by atoms with Gasteiger partial charge in [-0.3, -0.25) is 14.3 Å². The van der Waals surface area contributed by atoms with Crippen LogP contribution in [0.5, 0.6) is 5.75 Å². The molecule has 1 atom stereocenters. The van der Waals surface area contributed by atoms with Crippen molar-refractivity contribution in [2.24, 2.45) is 0 Å². The second-order valence-electron chi connectivity index (χ2n) is 7.63. The summed E-state index contributed by atoms with van der Waals surface area (Å²) in [6.07, 6.45) is 2.60. The molecule has 2 aliphatic rings. The van der Waals surface area contributed by atoms with Gasteiger partial charge in [0.2, 0.25) is 0 Å². The fourth-order valence-corrected chi connectivity index (χ4v) is 4.11. The highest BCUT2D eigenvalue weighted by Gasteiger charge is 2.39. The molecule has 2 amide bonds.